The Morgan fingerprint density at radius 2 is 1.73 bits per heavy atom. The molecule has 0 aliphatic heterocycles. The number of imidazole rings is 1. The number of aliphatic imine (C=N–C) groups is 1. The zero-order valence-corrected chi connectivity index (χ0v) is 20.7. The second-order valence-electron chi connectivity index (χ2n) is 7.56. The Kier molecular flexibility index (Phi) is 9.58. The summed E-state index contributed by atoms with van der Waals surface area (Å²) in [5, 5.41) is 6.80. The highest BCUT2D eigenvalue weighted by molar-refractivity contribution is 14.0. The van der Waals surface area contributed by atoms with Gasteiger partial charge in [-0.15, -0.1) is 24.0 Å². The Hall–Kier alpha value is -2.13. The van der Waals surface area contributed by atoms with Crippen molar-refractivity contribution < 1.29 is 0 Å². The highest BCUT2D eigenvalue weighted by Gasteiger charge is 2.06. The van der Waals surface area contributed by atoms with Crippen LogP contribution < -0.4 is 10.6 Å². The van der Waals surface area contributed by atoms with Gasteiger partial charge in [-0.1, -0.05) is 36.4 Å². The fraction of sp³-hybridized carbons (Fsp3) is 0.391. The SMILES string of the molecule is CN=C(NCCCn1c(C)nc2ccccc21)NCc1ccc(CN(C)C)cc1.I. The first-order valence-corrected chi connectivity index (χ1v) is 10.2. The molecule has 1 heterocycles. The van der Waals surface area contributed by atoms with E-state index in [9.17, 15) is 0 Å². The number of para-hydroxylation sites is 2. The van der Waals surface area contributed by atoms with E-state index in [1.165, 1.54) is 16.6 Å². The molecule has 0 fully saturated rings. The number of benzene rings is 2. The van der Waals surface area contributed by atoms with Gasteiger partial charge in [0.25, 0.3) is 0 Å². The van der Waals surface area contributed by atoms with Crippen LogP contribution in [-0.2, 0) is 19.6 Å². The molecule has 0 bridgehead atoms. The van der Waals surface area contributed by atoms with Crippen molar-refractivity contribution in [3.8, 4) is 0 Å². The monoisotopic (exact) mass is 520 g/mol. The topological polar surface area (TPSA) is 57.5 Å². The lowest BCUT2D eigenvalue weighted by Crippen LogP contribution is -2.37. The molecule has 2 aromatic carbocycles. The van der Waals surface area contributed by atoms with E-state index in [-0.39, 0.29) is 24.0 Å². The molecule has 3 rings (SSSR count). The van der Waals surface area contributed by atoms with Crippen LogP contribution in [0.25, 0.3) is 11.0 Å². The van der Waals surface area contributed by atoms with Gasteiger partial charge in [0.15, 0.2) is 5.96 Å². The Balaban J connectivity index is 0.00000320. The van der Waals surface area contributed by atoms with Gasteiger partial charge < -0.3 is 20.1 Å². The second-order valence-corrected chi connectivity index (χ2v) is 7.56. The van der Waals surface area contributed by atoms with Gasteiger partial charge in [-0.05, 0) is 50.7 Å². The minimum Gasteiger partial charge on any atom is -0.356 e. The van der Waals surface area contributed by atoms with Crippen molar-refractivity contribution in [2.24, 2.45) is 4.99 Å². The van der Waals surface area contributed by atoms with Gasteiger partial charge >= 0.3 is 0 Å². The van der Waals surface area contributed by atoms with Crippen LogP contribution in [0.1, 0.15) is 23.4 Å². The average molecular weight is 520 g/mol. The molecule has 7 heteroatoms. The van der Waals surface area contributed by atoms with E-state index in [0.717, 1.165) is 49.9 Å². The molecule has 0 spiro atoms. The van der Waals surface area contributed by atoms with E-state index in [0.29, 0.717) is 0 Å². The third kappa shape index (κ3) is 6.70. The van der Waals surface area contributed by atoms with Crippen molar-refractivity contribution in [3.63, 3.8) is 0 Å². The van der Waals surface area contributed by atoms with E-state index in [1.807, 2.05) is 13.1 Å². The molecule has 0 unspecified atom stereocenters. The molecule has 0 amide bonds. The largest absolute Gasteiger partial charge is 0.356 e. The first kappa shape index (κ1) is 24.1. The van der Waals surface area contributed by atoms with Crippen molar-refractivity contribution in [2.75, 3.05) is 27.7 Å². The predicted molar refractivity (Wildman–Crippen MR) is 137 cm³/mol. The molecule has 0 saturated heterocycles. The second kappa shape index (κ2) is 11.9. The van der Waals surface area contributed by atoms with Gasteiger partial charge in [-0.25, -0.2) is 4.98 Å². The van der Waals surface area contributed by atoms with Gasteiger partial charge in [0.2, 0.25) is 0 Å². The number of rotatable bonds is 8. The summed E-state index contributed by atoms with van der Waals surface area (Å²) in [4.78, 5) is 11.1. The van der Waals surface area contributed by atoms with Crippen LogP contribution in [0.3, 0.4) is 0 Å². The highest BCUT2D eigenvalue weighted by atomic mass is 127. The fourth-order valence-corrected chi connectivity index (χ4v) is 3.46. The molecule has 30 heavy (non-hydrogen) atoms. The first-order valence-electron chi connectivity index (χ1n) is 10.2. The van der Waals surface area contributed by atoms with Gasteiger partial charge in [0, 0.05) is 33.2 Å². The van der Waals surface area contributed by atoms with Crippen LogP contribution in [0.15, 0.2) is 53.5 Å². The highest BCUT2D eigenvalue weighted by Crippen LogP contribution is 2.15. The number of nitrogens with zero attached hydrogens (tertiary/aromatic N) is 4. The molecule has 2 N–H and O–H groups in total. The van der Waals surface area contributed by atoms with Crippen molar-refractivity contribution in [1.29, 1.82) is 0 Å². The maximum atomic E-state index is 4.63. The van der Waals surface area contributed by atoms with Crippen molar-refractivity contribution >= 4 is 41.0 Å². The molecule has 6 nitrogen and oxygen atoms in total. The summed E-state index contributed by atoms with van der Waals surface area (Å²) in [7, 11) is 5.98. The lowest BCUT2D eigenvalue weighted by Gasteiger charge is -2.13. The summed E-state index contributed by atoms with van der Waals surface area (Å²) in [6, 6.07) is 17.0. The number of guanidine groups is 1. The van der Waals surface area contributed by atoms with E-state index >= 15 is 0 Å². The smallest absolute Gasteiger partial charge is 0.191 e. The van der Waals surface area contributed by atoms with Crippen LogP contribution in [0.4, 0.5) is 0 Å². The summed E-state index contributed by atoms with van der Waals surface area (Å²) in [6.45, 7) is 5.57. The Bertz CT molecular complexity index is 946. The first-order chi connectivity index (χ1) is 14.1. The van der Waals surface area contributed by atoms with Gasteiger partial charge in [0.05, 0.1) is 11.0 Å². The van der Waals surface area contributed by atoms with Crippen LogP contribution in [0.5, 0.6) is 0 Å². The summed E-state index contributed by atoms with van der Waals surface area (Å²) >= 11 is 0. The predicted octanol–water partition coefficient (Wildman–Crippen LogP) is 3.78. The van der Waals surface area contributed by atoms with Crippen LogP contribution in [0.2, 0.25) is 0 Å². The molecular formula is C23H33IN6. The standard InChI is InChI=1S/C23H32N6.HI/c1-18-27-21-8-5-6-9-22(21)29(18)15-7-14-25-23(24-2)26-16-19-10-12-20(13-11-19)17-28(3)4;/h5-6,8-13H,7,14-17H2,1-4H3,(H2,24,25,26);1H. The third-order valence-electron chi connectivity index (χ3n) is 4.90. The van der Waals surface area contributed by atoms with Crippen molar-refractivity contribution in [2.45, 2.75) is 33.0 Å². The molecule has 0 aliphatic carbocycles. The zero-order valence-electron chi connectivity index (χ0n) is 18.4. The molecule has 3 aromatic rings. The van der Waals surface area contributed by atoms with Crippen LogP contribution in [0, 0.1) is 6.92 Å². The lowest BCUT2D eigenvalue weighted by atomic mass is 10.1. The van der Waals surface area contributed by atoms with Gasteiger partial charge in [-0.3, -0.25) is 4.99 Å². The van der Waals surface area contributed by atoms with Crippen molar-refractivity contribution in [1.82, 2.24) is 25.1 Å². The maximum Gasteiger partial charge on any atom is 0.191 e. The molecule has 162 valence electrons. The number of fused-ring (bicyclic) bond motifs is 1. The summed E-state index contributed by atoms with van der Waals surface area (Å²) in [6.07, 6.45) is 1.00. The average Bonchev–Trinajstić information content (AvgIpc) is 3.03. The minimum absolute atomic E-state index is 0. The fourth-order valence-electron chi connectivity index (χ4n) is 3.46. The molecule has 0 atom stereocenters. The van der Waals surface area contributed by atoms with Crippen LogP contribution in [-0.4, -0.2) is 48.1 Å². The van der Waals surface area contributed by atoms with Gasteiger partial charge in [0.1, 0.15) is 5.82 Å². The quantitative estimate of drug-likeness (QED) is 0.206. The molecule has 0 aliphatic rings. The zero-order chi connectivity index (χ0) is 20.6. The number of aromatic nitrogens is 2. The number of hydrogen-bond donors (Lipinski definition) is 2. The molecule has 0 saturated carbocycles. The molecule has 1 aromatic heterocycles. The molecular weight excluding hydrogens is 487 g/mol. The number of halogens is 1. The third-order valence-corrected chi connectivity index (χ3v) is 4.90. The number of hydrogen-bond acceptors (Lipinski definition) is 3. The maximum absolute atomic E-state index is 4.63. The number of aryl methyl sites for hydroxylation is 2. The van der Waals surface area contributed by atoms with E-state index in [4.69, 9.17) is 0 Å². The molecule has 0 radical (unpaired) electrons. The van der Waals surface area contributed by atoms with E-state index in [2.05, 4.69) is 93.6 Å². The summed E-state index contributed by atoms with van der Waals surface area (Å²) in [5.41, 5.74) is 4.83. The summed E-state index contributed by atoms with van der Waals surface area (Å²) in [5.74, 6) is 1.89. The van der Waals surface area contributed by atoms with Crippen molar-refractivity contribution in [3.05, 3.63) is 65.5 Å². The normalized spacial score (nSPS) is 11.6. The van der Waals surface area contributed by atoms with Crippen LogP contribution >= 0.6 is 24.0 Å². The number of nitrogens with one attached hydrogen (secondary N) is 2. The summed E-state index contributed by atoms with van der Waals surface area (Å²) < 4.78 is 2.28. The Morgan fingerprint density at radius 3 is 2.43 bits per heavy atom. The Morgan fingerprint density at radius 1 is 1.03 bits per heavy atom. The van der Waals surface area contributed by atoms with E-state index < -0.39 is 0 Å². The lowest BCUT2D eigenvalue weighted by molar-refractivity contribution is 0.402. The Labute approximate surface area is 196 Å². The minimum atomic E-state index is 0. The van der Waals surface area contributed by atoms with E-state index in [1.54, 1.807) is 0 Å². The van der Waals surface area contributed by atoms with Gasteiger partial charge in [-0.2, -0.15) is 0 Å².